The Hall–Kier alpha value is -2.37. The van der Waals surface area contributed by atoms with E-state index in [2.05, 4.69) is 0 Å². The minimum atomic E-state index is -0.570. The van der Waals surface area contributed by atoms with Crippen LogP contribution in [-0.2, 0) is 4.74 Å². The van der Waals surface area contributed by atoms with E-state index in [4.69, 9.17) is 4.74 Å². The van der Waals surface area contributed by atoms with Gasteiger partial charge in [-0.25, -0.2) is 4.79 Å². The summed E-state index contributed by atoms with van der Waals surface area (Å²) < 4.78 is 5.40. The summed E-state index contributed by atoms with van der Waals surface area (Å²) in [6.07, 6.45) is 1.03. The van der Waals surface area contributed by atoms with Gasteiger partial charge in [-0.2, -0.15) is 0 Å². The second kappa shape index (κ2) is 5.92. The van der Waals surface area contributed by atoms with Crippen molar-refractivity contribution in [2.45, 2.75) is 45.3 Å². The van der Waals surface area contributed by atoms with Crippen molar-refractivity contribution in [1.82, 2.24) is 9.80 Å². The number of nitrogens with zero attached hydrogens (tertiary/aromatic N) is 2. The number of benzene rings is 1. The molecule has 0 unspecified atom stereocenters. The maximum atomic E-state index is 12.6. The molecule has 24 heavy (non-hydrogen) atoms. The summed E-state index contributed by atoms with van der Waals surface area (Å²) in [7, 11) is 0. The average Bonchev–Trinajstić information content (AvgIpc) is 2.78. The Balaban J connectivity index is 1.75. The van der Waals surface area contributed by atoms with Gasteiger partial charge in [-0.05, 0) is 45.7 Å². The maximum absolute atomic E-state index is 12.6. The minimum absolute atomic E-state index is 0.272. The smallest absolute Gasteiger partial charge is 0.410 e. The van der Waals surface area contributed by atoms with Gasteiger partial charge in [0, 0.05) is 13.1 Å². The lowest BCUT2D eigenvalue weighted by Crippen LogP contribution is -2.52. The molecule has 3 amide bonds. The van der Waals surface area contributed by atoms with Crippen LogP contribution in [0.25, 0.3) is 0 Å². The lowest BCUT2D eigenvalue weighted by atomic mass is 10.0. The molecule has 2 aliphatic heterocycles. The molecule has 1 fully saturated rings. The van der Waals surface area contributed by atoms with E-state index >= 15 is 0 Å². The van der Waals surface area contributed by atoms with E-state index in [1.54, 1.807) is 29.2 Å². The van der Waals surface area contributed by atoms with Gasteiger partial charge in [-0.3, -0.25) is 14.5 Å². The molecule has 6 nitrogen and oxygen atoms in total. The van der Waals surface area contributed by atoms with E-state index in [0.29, 0.717) is 30.6 Å². The van der Waals surface area contributed by atoms with E-state index in [1.807, 2.05) is 20.8 Å². The van der Waals surface area contributed by atoms with E-state index in [-0.39, 0.29) is 17.9 Å². The van der Waals surface area contributed by atoms with E-state index < -0.39 is 11.7 Å². The molecule has 0 aromatic heterocycles. The predicted octanol–water partition coefficient (Wildman–Crippen LogP) is 2.68. The number of carbonyl (C=O) groups is 3. The number of carbonyl (C=O) groups excluding carboxylic acids is 3. The van der Waals surface area contributed by atoms with Crippen LogP contribution in [0.15, 0.2) is 24.3 Å². The molecular formula is C18H22N2O4. The topological polar surface area (TPSA) is 66.9 Å². The Bertz CT molecular complexity index is 658. The second-order valence-electron chi connectivity index (χ2n) is 7.25. The first-order chi connectivity index (χ1) is 11.3. The summed E-state index contributed by atoms with van der Waals surface area (Å²) in [4.78, 5) is 40.3. The van der Waals surface area contributed by atoms with Gasteiger partial charge < -0.3 is 9.64 Å². The van der Waals surface area contributed by atoms with Gasteiger partial charge in [0.1, 0.15) is 5.60 Å². The standard InChI is InChI=1S/C18H22N2O4/c1-18(2,3)24-17(23)19-10-6-7-12(11-19)20-15(21)13-8-4-5-9-14(13)16(20)22/h4-5,8-9,12H,6-7,10-11H2,1-3H3/t12-/m0/s1. The quantitative estimate of drug-likeness (QED) is 0.743. The zero-order chi connectivity index (χ0) is 17.5. The SMILES string of the molecule is CC(C)(C)OC(=O)N1CCC[C@H](N2C(=O)c3ccccc3C2=O)C1. The third kappa shape index (κ3) is 3.00. The fraction of sp³-hybridized carbons (Fsp3) is 0.500. The number of rotatable bonds is 1. The van der Waals surface area contributed by atoms with Gasteiger partial charge in [0.2, 0.25) is 0 Å². The number of piperidine rings is 1. The molecule has 1 aromatic carbocycles. The highest BCUT2D eigenvalue weighted by molar-refractivity contribution is 6.21. The molecule has 2 heterocycles. The van der Waals surface area contributed by atoms with Crippen LogP contribution in [0.1, 0.15) is 54.3 Å². The first-order valence-electron chi connectivity index (χ1n) is 8.23. The fourth-order valence-electron chi connectivity index (χ4n) is 3.20. The highest BCUT2D eigenvalue weighted by Crippen LogP contribution is 2.28. The molecule has 2 aliphatic rings. The summed E-state index contributed by atoms with van der Waals surface area (Å²) in [6.45, 7) is 6.35. The van der Waals surface area contributed by atoms with Crippen molar-refractivity contribution in [3.8, 4) is 0 Å². The third-order valence-electron chi connectivity index (χ3n) is 4.24. The molecule has 1 aromatic rings. The average molecular weight is 330 g/mol. The van der Waals surface area contributed by atoms with Crippen LogP contribution in [0, 0.1) is 0 Å². The summed E-state index contributed by atoms with van der Waals surface area (Å²) in [5.74, 6) is -0.543. The molecule has 0 N–H and O–H groups in total. The van der Waals surface area contributed by atoms with E-state index in [0.717, 1.165) is 6.42 Å². The first-order valence-corrected chi connectivity index (χ1v) is 8.23. The second-order valence-corrected chi connectivity index (χ2v) is 7.25. The summed E-state index contributed by atoms with van der Waals surface area (Å²) in [5.41, 5.74) is 0.313. The largest absolute Gasteiger partial charge is 0.444 e. The van der Waals surface area contributed by atoms with E-state index in [9.17, 15) is 14.4 Å². The number of imide groups is 1. The van der Waals surface area contributed by atoms with Gasteiger partial charge in [0.05, 0.1) is 17.2 Å². The van der Waals surface area contributed by atoms with Crippen LogP contribution in [-0.4, -0.2) is 52.4 Å². The number of fused-ring (bicyclic) bond motifs is 1. The van der Waals surface area contributed by atoms with Crippen LogP contribution in [0.5, 0.6) is 0 Å². The van der Waals surface area contributed by atoms with Crippen molar-refractivity contribution in [1.29, 1.82) is 0 Å². The van der Waals surface area contributed by atoms with Crippen LogP contribution in [0.2, 0.25) is 0 Å². The number of hydrogen-bond acceptors (Lipinski definition) is 4. The summed E-state index contributed by atoms with van der Waals surface area (Å²) in [6, 6.07) is 6.54. The zero-order valence-corrected chi connectivity index (χ0v) is 14.2. The monoisotopic (exact) mass is 330 g/mol. The van der Waals surface area contributed by atoms with Gasteiger partial charge >= 0.3 is 6.09 Å². The molecule has 1 saturated heterocycles. The normalized spacial score (nSPS) is 21.0. The van der Waals surface area contributed by atoms with Crippen LogP contribution in [0.4, 0.5) is 4.79 Å². The molecule has 3 rings (SSSR count). The minimum Gasteiger partial charge on any atom is -0.444 e. The molecule has 0 aliphatic carbocycles. The molecule has 6 heteroatoms. The molecule has 128 valence electrons. The van der Waals surface area contributed by atoms with Crippen molar-refractivity contribution in [2.75, 3.05) is 13.1 Å². The van der Waals surface area contributed by atoms with Gasteiger partial charge in [-0.1, -0.05) is 12.1 Å². The Labute approximate surface area is 141 Å². The number of amides is 3. The summed E-state index contributed by atoms with van der Waals surface area (Å²) in [5, 5.41) is 0. The lowest BCUT2D eigenvalue weighted by molar-refractivity contribution is 0.0110. The van der Waals surface area contributed by atoms with Crippen molar-refractivity contribution in [3.63, 3.8) is 0 Å². The van der Waals surface area contributed by atoms with Crippen LogP contribution in [0.3, 0.4) is 0 Å². The van der Waals surface area contributed by atoms with Crippen molar-refractivity contribution in [2.24, 2.45) is 0 Å². The zero-order valence-electron chi connectivity index (χ0n) is 14.2. The molecule has 1 atom stereocenters. The third-order valence-corrected chi connectivity index (χ3v) is 4.24. The lowest BCUT2D eigenvalue weighted by Gasteiger charge is -2.37. The fourth-order valence-corrected chi connectivity index (χ4v) is 3.20. The van der Waals surface area contributed by atoms with Crippen molar-refractivity contribution < 1.29 is 19.1 Å². The van der Waals surface area contributed by atoms with Crippen LogP contribution < -0.4 is 0 Å². The van der Waals surface area contributed by atoms with Gasteiger partial charge in [0.25, 0.3) is 11.8 Å². The highest BCUT2D eigenvalue weighted by Gasteiger charge is 2.42. The number of likely N-dealkylation sites (tertiary alicyclic amines) is 1. The van der Waals surface area contributed by atoms with Crippen molar-refractivity contribution in [3.05, 3.63) is 35.4 Å². The molecular weight excluding hydrogens is 308 g/mol. The van der Waals surface area contributed by atoms with Crippen LogP contribution >= 0.6 is 0 Å². The van der Waals surface area contributed by atoms with Gasteiger partial charge in [0.15, 0.2) is 0 Å². The molecule has 0 radical (unpaired) electrons. The molecule has 0 spiro atoms. The maximum Gasteiger partial charge on any atom is 0.410 e. The number of hydrogen-bond donors (Lipinski definition) is 0. The molecule has 0 bridgehead atoms. The Morgan fingerprint density at radius 3 is 2.25 bits per heavy atom. The van der Waals surface area contributed by atoms with E-state index in [1.165, 1.54) is 4.90 Å². The van der Waals surface area contributed by atoms with Crippen molar-refractivity contribution >= 4 is 17.9 Å². The highest BCUT2D eigenvalue weighted by atomic mass is 16.6. The summed E-state index contributed by atoms with van der Waals surface area (Å²) >= 11 is 0. The Morgan fingerprint density at radius 2 is 1.71 bits per heavy atom. The molecule has 0 saturated carbocycles. The van der Waals surface area contributed by atoms with Gasteiger partial charge in [-0.15, -0.1) is 0 Å². The predicted molar refractivity (Wildman–Crippen MR) is 87.8 cm³/mol. The first kappa shape index (κ1) is 16.5. The Kier molecular flexibility index (Phi) is 4.07. The Morgan fingerprint density at radius 1 is 1.12 bits per heavy atom. The number of ether oxygens (including phenoxy) is 1.